The van der Waals surface area contributed by atoms with E-state index in [0.29, 0.717) is 28.0 Å². The lowest BCUT2D eigenvalue weighted by Gasteiger charge is -2.17. The van der Waals surface area contributed by atoms with Crippen LogP contribution in [0, 0.1) is 11.6 Å². The zero-order valence-corrected chi connectivity index (χ0v) is 14.6. The molecule has 3 aromatic heterocycles. The summed E-state index contributed by atoms with van der Waals surface area (Å²) in [5, 5.41) is 0. The van der Waals surface area contributed by atoms with Crippen molar-refractivity contribution in [3.63, 3.8) is 0 Å². The molecule has 5 rings (SSSR count). The normalized spacial score (nSPS) is 13.4. The van der Waals surface area contributed by atoms with Gasteiger partial charge >= 0.3 is 0 Å². The Morgan fingerprint density at radius 1 is 0.964 bits per heavy atom. The molecule has 0 radical (unpaired) electrons. The molecule has 0 unspecified atom stereocenters. The van der Waals surface area contributed by atoms with Crippen LogP contribution in [0.15, 0.2) is 61.2 Å². The van der Waals surface area contributed by atoms with E-state index in [1.807, 2.05) is 4.40 Å². The molecule has 0 fully saturated rings. The molecule has 0 atom stereocenters. The van der Waals surface area contributed by atoms with Gasteiger partial charge in [0.1, 0.15) is 17.3 Å². The lowest BCUT2D eigenvalue weighted by molar-refractivity contribution is 0.0763. The minimum absolute atomic E-state index is 0.133. The predicted octanol–water partition coefficient (Wildman–Crippen LogP) is 3.83. The third-order valence-corrected chi connectivity index (χ3v) is 4.97. The Morgan fingerprint density at radius 2 is 1.79 bits per heavy atom. The molecule has 4 aromatic rings. The Hall–Kier alpha value is -3.61. The number of carbonyl (C=O) groups excluding carboxylic acids is 1. The van der Waals surface area contributed by atoms with E-state index in [1.165, 1.54) is 17.0 Å². The molecule has 1 aromatic carbocycles. The topological polar surface area (TPSA) is 50.5 Å². The van der Waals surface area contributed by atoms with Crippen molar-refractivity contribution in [2.45, 2.75) is 13.1 Å². The highest BCUT2D eigenvalue weighted by Crippen LogP contribution is 2.28. The van der Waals surface area contributed by atoms with Gasteiger partial charge in [-0.05, 0) is 47.5 Å². The highest BCUT2D eigenvalue weighted by atomic mass is 19.1. The number of amides is 1. The van der Waals surface area contributed by atoms with E-state index < -0.39 is 11.6 Å². The quantitative estimate of drug-likeness (QED) is 0.546. The molecule has 0 bridgehead atoms. The predicted molar refractivity (Wildman–Crippen MR) is 98.4 cm³/mol. The number of aromatic nitrogens is 3. The first kappa shape index (κ1) is 16.6. The van der Waals surface area contributed by atoms with Crippen molar-refractivity contribution in [1.82, 2.24) is 19.3 Å². The van der Waals surface area contributed by atoms with Gasteiger partial charge in [-0.25, -0.2) is 13.8 Å². The number of benzene rings is 1. The SMILES string of the molecule is O=C1c2cccnc2CN1Cc1c(F)cc(-c2ccn3ccnc3c2)cc1F. The zero-order chi connectivity index (χ0) is 19.3. The standard InChI is InChI=1S/C21H14F2N4O/c22-17-8-14(13-3-6-26-7-5-25-20(26)10-13)9-18(23)16(17)11-27-12-19-15(21(27)28)2-1-4-24-19/h1-10H,11-12H2. The summed E-state index contributed by atoms with van der Waals surface area (Å²) < 4.78 is 31.3. The molecule has 0 aliphatic carbocycles. The molecule has 0 saturated carbocycles. The van der Waals surface area contributed by atoms with Gasteiger partial charge in [0.15, 0.2) is 0 Å². The van der Waals surface area contributed by atoms with Gasteiger partial charge in [-0.2, -0.15) is 0 Å². The molecule has 1 aliphatic heterocycles. The highest BCUT2D eigenvalue weighted by molar-refractivity contribution is 5.97. The first-order valence-electron chi connectivity index (χ1n) is 8.74. The Bertz CT molecular complexity index is 1210. The van der Waals surface area contributed by atoms with Gasteiger partial charge < -0.3 is 9.30 Å². The first-order valence-corrected chi connectivity index (χ1v) is 8.74. The number of halogens is 2. The van der Waals surface area contributed by atoms with Crippen molar-refractivity contribution in [3.8, 4) is 11.1 Å². The van der Waals surface area contributed by atoms with Crippen molar-refractivity contribution in [3.05, 3.63) is 89.6 Å². The second-order valence-electron chi connectivity index (χ2n) is 6.69. The summed E-state index contributed by atoms with van der Waals surface area (Å²) in [7, 11) is 0. The van der Waals surface area contributed by atoms with Crippen molar-refractivity contribution < 1.29 is 13.6 Å². The number of pyridine rings is 2. The average molecular weight is 376 g/mol. The molecule has 1 aliphatic rings. The van der Waals surface area contributed by atoms with Crippen LogP contribution in [0.2, 0.25) is 0 Å². The molecule has 4 heterocycles. The fourth-order valence-electron chi connectivity index (χ4n) is 3.51. The van der Waals surface area contributed by atoms with Crippen LogP contribution >= 0.6 is 0 Å². The summed E-state index contributed by atoms with van der Waals surface area (Å²) in [6.07, 6.45) is 6.84. The number of imidazole rings is 1. The van der Waals surface area contributed by atoms with E-state index in [0.717, 1.165) is 0 Å². The maximum atomic E-state index is 14.7. The fraction of sp³-hybridized carbons (Fsp3) is 0.0952. The summed E-state index contributed by atoms with van der Waals surface area (Å²) in [4.78, 5) is 22.2. The van der Waals surface area contributed by atoms with Crippen LogP contribution < -0.4 is 0 Å². The summed E-state index contributed by atoms with van der Waals surface area (Å²) in [6, 6.07) is 9.46. The maximum absolute atomic E-state index is 14.7. The third-order valence-electron chi connectivity index (χ3n) is 4.97. The lowest BCUT2D eigenvalue weighted by atomic mass is 10.0. The van der Waals surface area contributed by atoms with E-state index >= 15 is 0 Å². The van der Waals surface area contributed by atoms with Gasteiger partial charge in [-0.15, -0.1) is 0 Å². The van der Waals surface area contributed by atoms with Crippen LogP contribution in [0.1, 0.15) is 21.6 Å². The number of rotatable bonds is 3. The average Bonchev–Trinajstić information content (AvgIpc) is 3.29. The molecular weight excluding hydrogens is 362 g/mol. The van der Waals surface area contributed by atoms with Gasteiger partial charge in [-0.1, -0.05) is 0 Å². The largest absolute Gasteiger partial charge is 0.328 e. The maximum Gasteiger partial charge on any atom is 0.256 e. The van der Waals surface area contributed by atoms with Crippen molar-refractivity contribution in [1.29, 1.82) is 0 Å². The Morgan fingerprint density at radius 3 is 2.57 bits per heavy atom. The smallest absolute Gasteiger partial charge is 0.256 e. The summed E-state index contributed by atoms with van der Waals surface area (Å²) in [5.74, 6) is -1.64. The van der Waals surface area contributed by atoms with Crippen LogP contribution in [0.25, 0.3) is 16.8 Å². The minimum Gasteiger partial charge on any atom is -0.328 e. The Kier molecular flexibility index (Phi) is 3.68. The second-order valence-corrected chi connectivity index (χ2v) is 6.69. The zero-order valence-electron chi connectivity index (χ0n) is 14.6. The molecule has 5 nitrogen and oxygen atoms in total. The number of fused-ring (bicyclic) bond motifs is 2. The van der Waals surface area contributed by atoms with Gasteiger partial charge in [0.25, 0.3) is 5.91 Å². The Balaban J connectivity index is 1.46. The number of hydrogen-bond acceptors (Lipinski definition) is 3. The number of nitrogens with zero attached hydrogens (tertiary/aromatic N) is 4. The Labute approximate surface area is 158 Å². The van der Waals surface area contributed by atoms with Crippen LogP contribution in [0.5, 0.6) is 0 Å². The summed E-state index contributed by atoms with van der Waals surface area (Å²) >= 11 is 0. The summed E-state index contributed by atoms with van der Waals surface area (Å²) in [6.45, 7) is 0.0959. The van der Waals surface area contributed by atoms with Crippen molar-refractivity contribution in [2.75, 3.05) is 0 Å². The summed E-state index contributed by atoms with van der Waals surface area (Å²) in [5.41, 5.74) is 2.74. The number of carbonyl (C=O) groups is 1. The molecule has 1 amide bonds. The molecule has 138 valence electrons. The molecule has 28 heavy (non-hydrogen) atoms. The van der Waals surface area contributed by atoms with E-state index in [4.69, 9.17) is 0 Å². The van der Waals surface area contributed by atoms with E-state index in [-0.39, 0.29) is 24.6 Å². The monoisotopic (exact) mass is 376 g/mol. The molecular formula is C21H14F2N4O. The van der Waals surface area contributed by atoms with Crippen LogP contribution in [-0.4, -0.2) is 25.2 Å². The van der Waals surface area contributed by atoms with Gasteiger partial charge in [0, 0.05) is 30.4 Å². The van der Waals surface area contributed by atoms with Crippen molar-refractivity contribution in [2.24, 2.45) is 0 Å². The molecule has 7 heteroatoms. The molecule has 0 saturated heterocycles. The number of hydrogen-bond donors (Lipinski definition) is 0. The second kappa shape index (κ2) is 6.23. The highest BCUT2D eigenvalue weighted by Gasteiger charge is 2.29. The van der Waals surface area contributed by atoms with Crippen LogP contribution in [-0.2, 0) is 13.1 Å². The van der Waals surface area contributed by atoms with Gasteiger partial charge in [0.05, 0.1) is 24.3 Å². The van der Waals surface area contributed by atoms with E-state index in [2.05, 4.69) is 9.97 Å². The van der Waals surface area contributed by atoms with Crippen LogP contribution in [0.3, 0.4) is 0 Å². The van der Waals surface area contributed by atoms with E-state index in [9.17, 15) is 13.6 Å². The van der Waals surface area contributed by atoms with Gasteiger partial charge in [-0.3, -0.25) is 9.78 Å². The van der Waals surface area contributed by atoms with Gasteiger partial charge in [0.2, 0.25) is 0 Å². The molecule has 0 N–H and O–H groups in total. The lowest BCUT2D eigenvalue weighted by Crippen LogP contribution is -2.24. The van der Waals surface area contributed by atoms with Crippen molar-refractivity contribution >= 4 is 11.6 Å². The van der Waals surface area contributed by atoms with E-state index in [1.54, 1.807) is 49.1 Å². The van der Waals surface area contributed by atoms with Crippen LogP contribution in [0.4, 0.5) is 8.78 Å². The molecule has 0 spiro atoms. The minimum atomic E-state index is -0.685. The fourth-order valence-corrected chi connectivity index (χ4v) is 3.51. The third kappa shape index (κ3) is 2.63. The first-order chi connectivity index (χ1) is 13.6.